The van der Waals surface area contributed by atoms with Gasteiger partial charge in [0.15, 0.2) is 5.75 Å². The minimum atomic E-state index is -0.693. The van der Waals surface area contributed by atoms with E-state index in [0.717, 1.165) is 56.2 Å². The molecule has 7 nitrogen and oxygen atoms in total. The summed E-state index contributed by atoms with van der Waals surface area (Å²) in [4.78, 5) is 22.2. The second-order valence-corrected chi connectivity index (χ2v) is 10.3. The number of piperazine rings is 1. The van der Waals surface area contributed by atoms with Gasteiger partial charge in [0.1, 0.15) is 17.3 Å². The van der Waals surface area contributed by atoms with Gasteiger partial charge in [0, 0.05) is 37.2 Å². The van der Waals surface area contributed by atoms with E-state index >= 15 is 0 Å². The maximum Gasteiger partial charge on any atom is 0.308 e. The number of rotatable bonds is 3. The molecule has 8 heteroatoms. The Morgan fingerprint density at radius 3 is 2.71 bits per heavy atom. The van der Waals surface area contributed by atoms with Gasteiger partial charge < -0.3 is 25.0 Å². The van der Waals surface area contributed by atoms with Crippen LogP contribution in [-0.4, -0.2) is 72.0 Å². The van der Waals surface area contributed by atoms with Crippen LogP contribution in [-0.2, 0) is 4.79 Å². The maximum atomic E-state index is 12.6. The number of halogens is 1. The molecule has 2 aromatic carbocycles. The lowest BCUT2D eigenvalue weighted by atomic mass is 9.70. The Balaban J connectivity index is 1.34. The van der Waals surface area contributed by atoms with Gasteiger partial charge >= 0.3 is 5.97 Å². The normalized spacial score (nSPS) is 28.7. The SMILES string of the molecule is O=C(O)[C@@H](C1CN2CCC1CC2)[C@H]1CN(C2=Nc3cc(Cl)ccc3Oc3ccccc32)CCN1. The molecule has 1 unspecified atom stereocenters. The Morgan fingerprint density at radius 1 is 1.12 bits per heavy atom. The molecule has 5 aliphatic rings. The number of aliphatic imine (C=N–C) groups is 1. The number of ether oxygens (including phenoxy) is 1. The van der Waals surface area contributed by atoms with Crippen LogP contribution in [0.4, 0.5) is 5.69 Å². The zero-order valence-corrected chi connectivity index (χ0v) is 19.7. The summed E-state index contributed by atoms with van der Waals surface area (Å²) >= 11 is 6.27. The highest BCUT2D eigenvalue weighted by molar-refractivity contribution is 6.31. The number of carboxylic acid groups (broad SMARTS) is 1. The average molecular weight is 481 g/mol. The first-order chi connectivity index (χ1) is 16.6. The molecule has 3 atom stereocenters. The first-order valence-electron chi connectivity index (χ1n) is 12.2. The highest BCUT2D eigenvalue weighted by Crippen LogP contribution is 2.41. The van der Waals surface area contributed by atoms with E-state index in [1.54, 1.807) is 6.07 Å². The molecule has 7 rings (SSSR count). The second-order valence-electron chi connectivity index (χ2n) is 9.82. The van der Waals surface area contributed by atoms with Crippen molar-refractivity contribution in [2.45, 2.75) is 18.9 Å². The molecule has 0 spiro atoms. The fraction of sp³-hybridized carbons (Fsp3) is 0.462. The van der Waals surface area contributed by atoms with Crippen LogP contribution < -0.4 is 10.1 Å². The van der Waals surface area contributed by atoms with Crippen molar-refractivity contribution in [2.75, 3.05) is 39.3 Å². The molecule has 0 saturated carbocycles. The third-order valence-electron chi connectivity index (χ3n) is 7.89. The summed E-state index contributed by atoms with van der Waals surface area (Å²) in [6.07, 6.45) is 2.22. The van der Waals surface area contributed by atoms with E-state index in [4.69, 9.17) is 21.3 Å². The molecule has 4 saturated heterocycles. The summed E-state index contributed by atoms with van der Waals surface area (Å²) in [5.74, 6) is 1.78. The number of carboxylic acids is 1. The Labute approximate surface area is 204 Å². The maximum absolute atomic E-state index is 12.6. The largest absolute Gasteiger partial charge is 0.481 e. The molecular weight excluding hydrogens is 452 g/mol. The summed E-state index contributed by atoms with van der Waals surface area (Å²) in [7, 11) is 0. The predicted molar refractivity (Wildman–Crippen MR) is 131 cm³/mol. The summed E-state index contributed by atoms with van der Waals surface area (Å²) in [5.41, 5.74) is 1.59. The fourth-order valence-corrected chi connectivity index (χ4v) is 6.39. The predicted octanol–water partition coefficient (Wildman–Crippen LogP) is 3.84. The lowest BCUT2D eigenvalue weighted by Crippen LogP contribution is -2.61. The number of hydrogen-bond acceptors (Lipinski definition) is 6. The topological polar surface area (TPSA) is 77.4 Å². The third kappa shape index (κ3) is 3.96. The van der Waals surface area contributed by atoms with Gasteiger partial charge in [-0.3, -0.25) is 4.79 Å². The van der Waals surface area contributed by atoms with Crippen molar-refractivity contribution < 1.29 is 14.6 Å². The smallest absolute Gasteiger partial charge is 0.308 e. The van der Waals surface area contributed by atoms with Crippen LogP contribution in [0.5, 0.6) is 11.5 Å². The van der Waals surface area contributed by atoms with E-state index in [9.17, 15) is 9.90 Å². The van der Waals surface area contributed by atoms with E-state index in [1.807, 2.05) is 36.4 Å². The lowest BCUT2D eigenvalue weighted by Gasteiger charge is -2.49. The summed E-state index contributed by atoms with van der Waals surface area (Å²) in [5, 5.41) is 14.5. The van der Waals surface area contributed by atoms with Crippen LogP contribution in [0.3, 0.4) is 0 Å². The van der Waals surface area contributed by atoms with Gasteiger partial charge in [0.25, 0.3) is 0 Å². The van der Waals surface area contributed by atoms with Gasteiger partial charge in [-0.1, -0.05) is 23.7 Å². The molecule has 34 heavy (non-hydrogen) atoms. The van der Waals surface area contributed by atoms with Crippen molar-refractivity contribution in [3.8, 4) is 11.5 Å². The van der Waals surface area contributed by atoms with Gasteiger partial charge in [-0.05, 0) is 68.1 Å². The van der Waals surface area contributed by atoms with E-state index in [1.165, 1.54) is 0 Å². The van der Waals surface area contributed by atoms with Gasteiger partial charge in [-0.2, -0.15) is 0 Å². The van der Waals surface area contributed by atoms with Gasteiger partial charge in [0.05, 0.1) is 11.5 Å². The number of para-hydroxylation sites is 1. The number of fused-ring (bicyclic) bond motifs is 5. The molecule has 5 heterocycles. The van der Waals surface area contributed by atoms with Crippen LogP contribution in [0, 0.1) is 17.8 Å². The van der Waals surface area contributed by atoms with E-state index in [2.05, 4.69) is 15.1 Å². The number of carbonyl (C=O) groups is 1. The summed E-state index contributed by atoms with van der Waals surface area (Å²) in [6, 6.07) is 13.2. The number of aliphatic carboxylic acids is 1. The molecule has 2 aromatic rings. The Bertz CT molecular complexity index is 1130. The van der Waals surface area contributed by atoms with E-state index in [0.29, 0.717) is 35.5 Å². The molecule has 4 fully saturated rings. The van der Waals surface area contributed by atoms with Crippen molar-refractivity contribution in [3.05, 3.63) is 53.1 Å². The van der Waals surface area contributed by atoms with E-state index < -0.39 is 11.9 Å². The van der Waals surface area contributed by atoms with Crippen LogP contribution >= 0.6 is 11.6 Å². The number of hydrogen-bond donors (Lipinski definition) is 2. The Hall–Kier alpha value is -2.61. The van der Waals surface area contributed by atoms with Crippen LogP contribution in [0.15, 0.2) is 47.5 Å². The van der Waals surface area contributed by atoms with Crippen molar-refractivity contribution >= 4 is 29.1 Å². The molecule has 2 N–H and O–H groups in total. The lowest BCUT2D eigenvalue weighted by molar-refractivity contribution is -0.149. The van der Waals surface area contributed by atoms with E-state index in [-0.39, 0.29) is 12.0 Å². The molecule has 0 aromatic heterocycles. The Kier molecular flexibility index (Phi) is 5.71. The quantitative estimate of drug-likeness (QED) is 0.695. The highest BCUT2D eigenvalue weighted by Gasteiger charge is 2.46. The Morgan fingerprint density at radius 2 is 1.94 bits per heavy atom. The fourth-order valence-electron chi connectivity index (χ4n) is 6.22. The average Bonchev–Trinajstić information content (AvgIpc) is 3.01. The molecule has 5 aliphatic heterocycles. The molecule has 0 aliphatic carbocycles. The molecular formula is C26H29ClN4O3. The highest BCUT2D eigenvalue weighted by atomic mass is 35.5. The first-order valence-corrected chi connectivity index (χ1v) is 12.5. The molecule has 0 radical (unpaired) electrons. The molecule has 2 bridgehead atoms. The second kappa shape index (κ2) is 8.87. The monoisotopic (exact) mass is 480 g/mol. The van der Waals surface area contributed by atoms with Crippen LogP contribution in [0.2, 0.25) is 5.02 Å². The minimum Gasteiger partial charge on any atom is -0.481 e. The van der Waals surface area contributed by atoms with Gasteiger partial charge in [-0.25, -0.2) is 4.99 Å². The number of benzene rings is 2. The van der Waals surface area contributed by atoms with Crippen molar-refractivity contribution in [1.82, 2.24) is 15.1 Å². The van der Waals surface area contributed by atoms with Gasteiger partial charge in [-0.15, -0.1) is 0 Å². The van der Waals surface area contributed by atoms with Crippen LogP contribution in [0.25, 0.3) is 0 Å². The summed E-state index contributed by atoms with van der Waals surface area (Å²) in [6.45, 7) is 5.14. The third-order valence-corrected chi connectivity index (χ3v) is 8.12. The standard InChI is InChI=1S/C26H29ClN4O3/c27-17-5-6-23-20(13-17)29-25(18-3-1-2-4-22(18)34-23)31-12-9-28-21(15-31)24(26(32)33)19-14-30-10-7-16(19)8-11-30/h1-6,13,16,19,21,24,28H,7-12,14-15H2,(H,32,33)/t19?,21-,24+/m1/s1. The zero-order chi connectivity index (χ0) is 23.2. The minimum absolute atomic E-state index is 0.144. The van der Waals surface area contributed by atoms with Crippen molar-refractivity contribution in [3.63, 3.8) is 0 Å². The van der Waals surface area contributed by atoms with Gasteiger partial charge in [0.2, 0.25) is 0 Å². The van der Waals surface area contributed by atoms with Crippen LogP contribution in [0.1, 0.15) is 18.4 Å². The van der Waals surface area contributed by atoms with Crippen molar-refractivity contribution in [1.29, 1.82) is 0 Å². The molecule has 0 amide bonds. The first kappa shape index (κ1) is 21.9. The number of nitrogens with zero attached hydrogens (tertiary/aromatic N) is 3. The summed E-state index contributed by atoms with van der Waals surface area (Å²) < 4.78 is 6.20. The van der Waals surface area contributed by atoms with Crippen molar-refractivity contribution in [2.24, 2.45) is 22.7 Å². The zero-order valence-electron chi connectivity index (χ0n) is 19.0. The number of piperidine rings is 3. The number of nitrogens with one attached hydrogen (secondary N) is 1. The molecule has 178 valence electrons. The number of amidine groups is 1.